The monoisotopic (exact) mass is 1080 g/mol. The Morgan fingerprint density at radius 2 is 1.13 bits per heavy atom. The fourth-order valence-corrected chi connectivity index (χ4v) is 12.8. The molecule has 2 aliphatic heterocycles. The van der Waals surface area contributed by atoms with E-state index >= 15 is 0 Å². The molecule has 3 N–H and O–H groups in total. The molecule has 4 heterocycles. The highest BCUT2D eigenvalue weighted by Crippen LogP contribution is 2.50. The zero-order valence-electron chi connectivity index (χ0n) is 42.3. The van der Waals surface area contributed by atoms with Crippen molar-refractivity contribution in [2.75, 3.05) is 16.6 Å². The average molecular weight is 1080 g/mol. The van der Waals surface area contributed by atoms with Gasteiger partial charge in [0.15, 0.2) is 10.3 Å². The summed E-state index contributed by atoms with van der Waals surface area (Å²) in [6.07, 6.45) is 12.4. The third kappa shape index (κ3) is 11.7. The van der Waals surface area contributed by atoms with Gasteiger partial charge in [-0.05, 0) is 154 Å². The van der Waals surface area contributed by atoms with Crippen LogP contribution in [0, 0.1) is 0 Å². The molecule has 0 atom stereocenters. The zero-order chi connectivity index (χ0) is 52.8. The van der Waals surface area contributed by atoms with Gasteiger partial charge in [-0.15, -0.1) is 22.7 Å². The van der Waals surface area contributed by atoms with Crippen LogP contribution in [0.5, 0.6) is 0 Å². The molecular formula is C61H55N5O6S4. The van der Waals surface area contributed by atoms with Gasteiger partial charge in [0.1, 0.15) is 17.3 Å². The minimum absolute atomic E-state index is 0.0586. The molecule has 3 aliphatic rings. The summed E-state index contributed by atoms with van der Waals surface area (Å²) in [4.78, 5) is 61.6. The molecule has 2 amide bonds. The molecule has 0 saturated carbocycles. The number of anilines is 3. The molecule has 1 aliphatic carbocycles. The van der Waals surface area contributed by atoms with Crippen molar-refractivity contribution in [2.24, 2.45) is 9.98 Å². The van der Waals surface area contributed by atoms with Crippen LogP contribution in [0.3, 0.4) is 0 Å². The van der Waals surface area contributed by atoms with E-state index in [0.717, 1.165) is 83.2 Å². The molecule has 0 fully saturated rings. The van der Waals surface area contributed by atoms with Gasteiger partial charge in [-0.2, -0.15) is 0 Å². The maximum absolute atomic E-state index is 12.6. The molecule has 0 bridgehead atoms. The molecule has 0 spiro atoms. The topological polar surface area (TPSA) is 150 Å². The fourth-order valence-electron chi connectivity index (χ4n) is 9.75. The van der Waals surface area contributed by atoms with Crippen LogP contribution in [0.25, 0.3) is 55.3 Å². The van der Waals surface area contributed by atoms with Gasteiger partial charge in [0, 0.05) is 42.0 Å². The highest BCUT2D eigenvalue weighted by molar-refractivity contribution is 8.14. The number of thioether (sulfide) groups is 2. The van der Waals surface area contributed by atoms with Crippen LogP contribution in [0.4, 0.5) is 17.1 Å². The maximum atomic E-state index is 12.6. The molecule has 0 unspecified atom stereocenters. The van der Waals surface area contributed by atoms with Crippen LogP contribution in [-0.4, -0.2) is 51.4 Å². The summed E-state index contributed by atoms with van der Waals surface area (Å²) >= 11 is 5.21. The number of aliphatic imine (C=N–C) groups is 2. The molecule has 10 rings (SSSR count). The number of unbranched alkanes of at least 4 members (excludes halogenated alkanes) is 5. The first-order chi connectivity index (χ1) is 36.9. The molecule has 0 radical (unpaired) electrons. The van der Waals surface area contributed by atoms with E-state index in [9.17, 15) is 19.2 Å². The van der Waals surface area contributed by atoms with Crippen LogP contribution in [-0.2, 0) is 35.8 Å². The van der Waals surface area contributed by atoms with Crippen molar-refractivity contribution in [3.05, 3.63) is 171 Å². The smallest absolute Gasteiger partial charge is 0.313 e. The van der Waals surface area contributed by atoms with E-state index < -0.39 is 5.97 Å². The Balaban J connectivity index is 0.909. The predicted molar refractivity (Wildman–Crippen MR) is 315 cm³/mol. The van der Waals surface area contributed by atoms with Crippen molar-refractivity contribution in [2.45, 2.75) is 71.1 Å². The second-order valence-electron chi connectivity index (χ2n) is 19.2. The van der Waals surface area contributed by atoms with Gasteiger partial charge in [0.25, 0.3) is 18.3 Å². The van der Waals surface area contributed by atoms with Crippen molar-refractivity contribution in [3.63, 3.8) is 0 Å². The van der Waals surface area contributed by atoms with Crippen LogP contribution in [0.15, 0.2) is 155 Å². The fraction of sp³-hybridized carbons (Fsp3) is 0.213. The number of amidine groups is 2. The second-order valence-corrected chi connectivity index (χ2v) is 23.3. The number of carboxylic acid groups (broad SMARTS) is 1. The van der Waals surface area contributed by atoms with Gasteiger partial charge >= 0.3 is 5.97 Å². The van der Waals surface area contributed by atoms with Crippen LogP contribution in [0.1, 0.15) is 85.7 Å². The third-order valence-corrected chi connectivity index (χ3v) is 17.4. The Labute approximate surface area is 459 Å². The third-order valence-electron chi connectivity index (χ3n) is 13.7. The highest BCUT2D eigenvalue weighted by atomic mass is 32.2. The largest absolute Gasteiger partial charge is 0.481 e. The standard InChI is InChI=1S/C61H55N5O6S4/c1-4-5-6-7-8-9-10-38-11-27-48-49-28-18-42(32-51(49)61(2,3)50(48)31-38)39-12-19-43(20-13-39)66(44-21-14-40(15-22-44)54-29-25-46(75-54)33-52-57(70)64-59(62-52)73-35-56(68)69)45-23-16-41(17-24-45)55-30-26-47(76-55)34-53-58(71)65-60(63-53)74-37-72-36-67/h11-34,36H,4-10,35,37H2,1-3H3,(H,68,69)(H,62,64,70)(H,63,65,71)/b52-33-,53-34+. The summed E-state index contributed by atoms with van der Waals surface area (Å²) in [6, 6.07) is 47.8. The number of carbonyl (C=O) groups is 4. The Morgan fingerprint density at radius 3 is 1.68 bits per heavy atom. The summed E-state index contributed by atoms with van der Waals surface area (Å²) in [5.41, 5.74) is 14.6. The summed E-state index contributed by atoms with van der Waals surface area (Å²) in [6.45, 7) is 7.35. The van der Waals surface area contributed by atoms with E-state index in [0.29, 0.717) is 11.6 Å². The van der Waals surface area contributed by atoms with Gasteiger partial charge in [0.05, 0.1) is 5.75 Å². The average Bonchev–Trinajstić information content (AvgIpc) is 4.30. The Hall–Kier alpha value is -7.30. The van der Waals surface area contributed by atoms with Crippen molar-refractivity contribution < 1.29 is 29.0 Å². The van der Waals surface area contributed by atoms with E-state index in [-0.39, 0.29) is 45.5 Å². The van der Waals surface area contributed by atoms with Crippen molar-refractivity contribution >= 4 is 110 Å². The van der Waals surface area contributed by atoms with Gasteiger partial charge < -0.3 is 14.7 Å². The molecule has 76 heavy (non-hydrogen) atoms. The van der Waals surface area contributed by atoms with Crippen LogP contribution < -0.4 is 15.5 Å². The number of aliphatic carboxylic acids is 1. The summed E-state index contributed by atoms with van der Waals surface area (Å²) in [5.74, 6) is -1.79. The van der Waals surface area contributed by atoms with Crippen molar-refractivity contribution in [3.8, 4) is 43.1 Å². The van der Waals surface area contributed by atoms with Gasteiger partial charge in [-0.1, -0.05) is 131 Å². The number of carboxylic acids is 1. The van der Waals surface area contributed by atoms with Crippen LogP contribution in [0.2, 0.25) is 0 Å². The number of aryl methyl sites for hydroxylation is 1. The molecule has 7 aromatic rings. The quantitative estimate of drug-likeness (QED) is 0.0293. The van der Waals surface area contributed by atoms with E-state index in [1.165, 1.54) is 83.2 Å². The number of carbonyl (C=O) groups excluding carboxylic acids is 3. The first kappa shape index (κ1) is 52.2. The van der Waals surface area contributed by atoms with E-state index in [4.69, 9.17) is 9.84 Å². The van der Waals surface area contributed by atoms with Crippen LogP contribution >= 0.6 is 46.2 Å². The number of ether oxygens (including phenoxy) is 1. The lowest BCUT2D eigenvalue weighted by atomic mass is 9.81. The number of thiophene rings is 2. The second kappa shape index (κ2) is 23.3. The zero-order valence-corrected chi connectivity index (χ0v) is 45.5. The molecule has 5 aromatic carbocycles. The minimum atomic E-state index is -0.982. The molecule has 15 heteroatoms. The van der Waals surface area contributed by atoms with Crippen molar-refractivity contribution in [1.29, 1.82) is 0 Å². The molecule has 11 nitrogen and oxygen atoms in total. The molecular weight excluding hydrogens is 1030 g/mol. The van der Waals surface area contributed by atoms with E-state index in [1.54, 1.807) is 23.5 Å². The number of benzene rings is 5. The minimum Gasteiger partial charge on any atom is -0.481 e. The molecule has 0 saturated heterocycles. The molecule has 384 valence electrons. The first-order valence-corrected chi connectivity index (χ1v) is 28.9. The number of rotatable bonds is 20. The predicted octanol–water partition coefficient (Wildman–Crippen LogP) is 14.8. The first-order valence-electron chi connectivity index (χ1n) is 25.3. The Morgan fingerprint density at radius 1 is 0.632 bits per heavy atom. The van der Waals surface area contributed by atoms with Gasteiger partial charge in [-0.25, -0.2) is 9.98 Å². The normalized spacial score (nSPS) is 15.3. The Bertz CT molecular complexity index is 3460. The number of fused-ring (bicyclic) bond motifs is 3. The lowest BCUT2D eigenvalue weighted by molar-refractivity contribution is -0.134. The summed E-state index contributed by atoms with van der Waals surface area (Å²) in [7, 11) is 0. The summed E-state index contributed by atoms with van der Waals surface area (Å²) in [5, 5.41) is 15.1. The number of nitrogens with zero attached hydrogens (tertiary/aromatic N) is 3. The highest BCUT2D eigenvalue weighted by Gasteiger charge is 2.36. The molecule has 2 aromatic heterocycles. The summed E-state index contributed by atoms with van der Waals surface area (Å²) < 4.78 is 4.73. The number of hydrogen-bond acceptors (Lipinski definition) is 12. The van der Waals surface area contributed by atoms with Crippen molar-refractivity contribution in [1.82, 2.24) is 10.6 Å². The lowest BCUT2D eigenvalue weighted by Gasteiger charge is -2.26. The van der Waals surface area contributed by atoms with E-state index in [1.807, 2.05) is 24.3 Å². The SMILES string of the molecule is CCCCCCCCc1ccc2c(c1)C(C)(C)c1cc(-c3ccc(N(c4ccc(-c5ccc(/C=C6\N=C(SCC(=O)O)NC6=O)s5)cc4)c4ccc(-c5ccc(/C=C6/N=C(SCOC=O)NC6=O)s5)cc4)cc3)ccc1-2. The lowest BCUT2D eigenvalue weighted by Crippen LogP contribution is -2.22. The Kier molecular flexibility index (Phi) is 16.0. The maximum Gasteiger partial charge on any atom is 0.313 e. The number of amides is 2. The van der Waals surface area contributed by atoms with E-state index in [2.05, 4.69) is 155 Å². The number of hydrogen-bond donors (Lipinski definition) is 3. The number of nitrogens with one attached hydrogen (secondary N) is 2. The van der Waals surface area contributed by atoms with Gasteiger partial charge in [0.2, 0.25) is 0 Å². The van der Waals surface area contributed by atoms with Gasteiger partial charge in [-0.3, -0.25) is 29.8 Å².